The van der Waals surface area contributed by atoms with E-state index in [4.69, 9.17) is 5.11 Å². The van der Waals surface area contributed by atoms with E-state index in [0.29, 0.717) is 25.4 Å². The van der Waals surface area contributed by atoms with Crippen LogP contribution in [0.2, 0.25) is 0 Å². The van der Waals surface area contributed by atoms with Gasteiger partial charge in [-0.15, -0.1) is 0 Å². The van der Waals surface area contributed by atoms with E-state index in [1.807, 2.05) is 0 Å². The predicted octanol–water partition coefficient (Wildman–Crippen LogP) is 0.163. The zero-order chi connectivity index (χ0) is 12.7. The zero-order valence-corrected chi connectivity index (χ0v) is 11.4. The van der Waals surface area contributed by atoms with Crippen molar-refractivity contribution in [1.29, 1.82) is 0 Å². The Bertz CT molecular complexity index is 302. The maximum atomic E-state index is 11.5. The molecule has 0 unspecified atom stereocenters. The van der Waals surface area contributed by atoms with Gasteiger partial charge in [0.1, 0.15) is 0 Å². The van der Waals surface area contributed by atoms with E-state index in [0.717, 1.165) is 13.1 Å². The highest BCUT2D eigenvalue weighted by Gasteiger charge is 2.27. The maximum Gasteiger partial charge on any atom is 0.211 e. The molecule has 0 aromatic heterocycles. The molecule has 1 aliphatic rings. The van der Waals surface area contributed by atoms with Crippen molar-refractivity contribution in [2.45, 2.75) is 38.6 Å². The highest BCUT2D eigenvalue weighted by Crippen LogP contribution is 2.25. The Labute approximate surface area is 104 Å². The lowest BCUT2D eigenvalue weighted by Crippen LogP contribution is -2.36. The third-order valence-corrected chi connectivity index (χ3v) is 4.48. The van der Waals surface area contributed by atoms with Gasteiger partial charge in [-0.25, -0.2) is 13.1 Å². The van der Waals surface area contributed by atoms with E-state index in [2.05, 4.69) is 16.5 Å². The molecule has 102 valence electrons. The molecule has 1 rings (SSSR count). The summed E-state index contributed by atoms with van der Waals surface area (Å²) in [5.74, 6) is 0.114. The molecule has 0 aliphatic heterocycles. The number of unbranched alkanes of at least 4 members (excludes halogenated alkanes) is 1. The number of hydrogen-bond acceptors (Lipinski definition) is 4. The van der Waals surface area contributed by atoms with Crippen LogP contribution in [0.4, 0.5) is 0 Å². The number of nitrogens with zero attached hydrogens (tertiary/aromatic N) is 1. The van der Waals surface area contributed by atoms with Gasteiger partial charge >= 0.3 is 0 Å². The summed E-state index contributed by atoms with van der Waals surface area (Å²) in [7, 11) is -3.15. The van der Waals surface area contributed by atoms with Gasteiger partial charge < -0.3 is 5.11 Å². The van der Waals surface area contributed by atoms with Gasteiger partial charge in [-0.05, 0) is 32.2 Å². The topological polar surface area (TPSA) is 69.6 Å². The molecule has 2 N–H and O–H groups in total. The van der Waals surface area contributed by atoms with E-state index >= 15 is 0 Å². The SMILES string of the molecule is CCN(CCNS(=O)(=O)CCCCO)C1CC1. The monoisotopic (exact) mass is 264 g/mol. The van der Waals surface area contributed by atoms with Gasteiger partial charge in [0, 0.05) is 25.7 Å². The minimum Gasteiger partial charge on any atom is -0.396 e. The standard InChI is InChI=1S/C11H24N2O3S/c1-2-13(11-5-6-11)8-7-12-17(15,16)10-4-3-9-14/h11-12,14H,2-10H2,1H3. The van der Waals surface area contributed by atoms with Crippen LogP contribution in [0, 0.1) is 0 Å². The predicted molar refractivity (Wildman–Crippen MR) is 68.4 cm³/mol. The minimum absolute atomic E-state index is 0.0564. The number of nitrogens with one attached hydrogen (secondary N) is 1. The molecule has 0 heterocycles. The van der Waals surface area contributed by atoms with Crippen molar-refractivity contribution in [1.82, 2.24) is 9.62 Å². The number of rotatable bonds is 10. The van der Waals surface area contributed by atoms with Crippen molar-refractivity contribution < 1.29 is 13.5 Å². The van der Waals surface area contributed by atoms with Gasteiger partial charge in [0.25, 0.3) is 0 Å². The summed E-state index contributed by atoms with van der Waals surface area (Å²) >= 11 is 0. The molecule has 0 radical (unpaired) electrons. The number of sulfonamides is 1. The summed E-state index contributed by atoms with van der Waals surface area (Å²) in [5, 5.41) is 8.59. The second-order valence-corrected chi connectivity index (χ2v) is 6.43. The van der Waals surface area contributed by atoms with Crippen molar-refractivity contribution in [3.8, 4) is 0 Å². The van der Waals surface area contributed by atoms with Crippen molar-refractivity contribution in [3.05, 3.63) is 0 Å². The first kappa shape index (κ1) is 14.9. The molecule has 0 atom stereocenters. The van der Waals surface area contributed by atoms with Crippen LogP contribution in [0.3, 0.4) is 0 Å². The third-order valence-electron chi connectivity index (χ3n) is 3.01. The van der Waals surface area contributed by atoms with Gasteiger partial charge in [-0.3, -0.25) is 4.90 Å². The molecule has 1 fully saturated rings. The van der Waals surface area contributed by atoms with Crippen molar-refractivity contribution in [2.24, 2.45) is 0 Å². The van der Waals surface area contributed by atoms with Crippen LogP contribution < -0.4 is 4.72 Å². The first-order chi connectivity index (χ1) is 8.09. The lowest BCUT2D eigenvalue weighted by molar-refractivity contribution is 0.282. The van der Waals surface area contributed by atoms with Crippen molar-refractivity contribution in [2.75, 3.05) is 32.0 Å². The van der Waals surface area contributed by atoms with Gasteiger partial charge in [-0.1, -0.05) is 6.92 Å². The van der Waals surface area contributed by atoms with E-state index in [1.54, 1.807) is 0 Å². The van der Waals surface area contributed by atoms with Crippen LogP contribution in [0.1, 0.15) is 32.6 Å². The van der Waals surface area contributed by atoms with Crippen LogP contribution in [-0.2, 0) is 10.0 Å². The molecule has 0 spiro atoms. The fourth-order valence-corrected chi connectivity index (χ4v) is 2.99. The van der Waals surface area contributed by atoms with E-state index in [1.165, 1.54) is 12.8 Å². The van der Waals surface area contributed by atoms with Crippen molar-refractivity contribution in [3.63, 3.8) is 0 Å². The molecule has 0 amide bonds. The second kappa shape index (κ2) is 7.31. The molecule has 5 nitrogen and oxygen atoms in total. The Hall–Kier alpha value is -0.170. The van der Waals surface area contributed by atoms with Gasteiger partial charge in [0.2, 0.25) is 10.0 Å². The molecular weight excluding hydrogens is 240 g/mol. The second-order valence-electron chi connectivity index (χ2n) is 4.50. The lowest BCUT2D eigenvalue weighted by atomic mass is 10.4. The average molecular weight is 264 g/mol. The van der Waals surface area contributed by atoms with E-state index in [9.17, 15) is 8.42 Å². The Morgan fingerprint density at radius 2 is 2.06 bits per heavy atom. The summed E-state index contributed by atoms with van der Waals surface area (Å²) in [4.78, 5) is 2.32. The van der Waals surface area contributed by atoms with Gasteiger partial charge in [0.05, 0.1) is 5.75 Å². The number of aliphatic hydroxyl groups excluding tert-OH is 1. The molecule has 1 aliphatic carbocycles. The van der Waals surface area contributed by atoms with Crippen LogP contribution >= 0.6 is 0 Å². The first-order valence-corrected chi connectivity index (χ1v) is 8.06. The highest BCUT2D eigenvalue weighted by molar-refractivity contribution is 7.89. The maximum absolute atomic E-state index is 11.5. The average Bonchev–Trinajstić information content (AvgIpc) is 3.08. The Kier molecular flexibility index (Phi) is 6.40. The first-order valence-electron chi connectivity index (χ1n) is 6.41. The van der Waals surface area contributed by atoms with Crippen molar-refractivity contribution >= 4 is 10.0 Å². The molecule has 0 aromatic carbocycles. The number of aliphatic hydroxyl groups is 1. The summed E-state index contributed by atoms with van der Waals surface area (Å²) < 4.78 is 25.7. The van der Waals surface area contributed by atoms with Crippen LogP contribution in [0.15, 0.2) is 0 Å². The number of likely N-dealkylation sites (N-methyl/N-ethyl adjacent to an activating group) is 1. The third kappa shape index (κ3) is 6.35. The fraction of sp³-hybridized carbons (Fsp3) is 1.00. The van der Waals surface area contributed by atoms with Gasteiger partial charge in [-0.2, -0.15) is 0 Å². The quantitative estimate of drug-likeness (QED) is 0.552. The summed E-state index contributed by atoms with van der Waals surface area (Å²) in [6.45, 7) is 4.43. The Morgan fingerprint density at radius 1 is 1.35 bits per heavy atom. The zero-order valence-electron chi connectivity index (χ0n) is 10.6. The van der Waals surface area contributed by atoms with Gasteiger partial charge in [0.15, 0.2) is 0 Å². The molecule has 0 saturated heterocycles. The largest absolute Gasteiger partial charge is 0.396 e. The normalized spacial score (nSPS) is 16.6. The summed E-state index contributed by atoms with van der Waals surface area (Å²) in [6.07, 6.45) is 3.56. The molecular formula is C11H24N2O3S. The molecule has 0 bridgehead atoms. The Morgan fingerprint density at radius 3 is 2.59 bits per heavy atom. The minimum atomic E-state index is -3.15. The molecule has 0 aromatic rings. The lowest BCUT2D eigenvalue weighted by Gasteiger charge is -2.19. The highest BCUT2D eigenvalue weighted by atomic mass is 32.2. The molecule has 6 heteroatoms. The summed E-state index contributed by atoms with van der Waals surface area (Å²) in [5.41, 5.74) is 0. The molecule has 1 saturated carbocycles. The molecule has 17 heavy (non-hydrogen) atoms. The van der Waals surface area contributed by atoms with Crippen LogP contribution in [-0.4, -0.2) is 56.5 Å². The van der Waals surface area contributed by atoms with Crippen LogP contribution in [0.5, 0.6) is 0 Å². The Balaban J connectivity index is 2.15. The van der Waals surface area contributed by atoms with E-state index in [-0.39, 0.29) is 12.4 Å². The smallest absolute Gasteiger partial charge is 0.211 e. The van der Waals surface area contributed by atoms with Crippen LogP contribution in [0.25, 0.3) is 0 Å². The van der Waals surface area contributed by atoms with E-state index < -0.39 is 10.0 Å². The number of hydrogen-bond donors (Lipinski definition) is 2. The fourth-order valence-electron chi connectivity index (χ4n) is 1.86. The summed E-state index contributed by atoms with van der Waals surface area (Å²) in [6, 6.07) is 0.680.